The number of aliphatic hydroxyl groups excluding tert-OH is 1. The van der Waals surface area contributed by atoms with Crippen LogP contribution in [0, 0.1) is 5.92 Å². The Labute approximate surface area is 140 Å². The molecule has 0 aliphatic heterocycles. The smallest absolute Gasteiger partial charge is 0.227 e. The Balaban J connectivity index is 1.63. The first kappa shape index (κ1) is 15.8. The molecule has 120 valence electrons. The normalized spacial score (nSPS) is 15.0. The van der Waals surface area contributed by atoms with Gasteiger partial charge in [0.2, 0.25) is 5.91 Å². The second kappa shape index (κ2) is 7.02. The summed E-state index contributed by atoms with van der Waals surface area (Å²) in [5.41, 5.74) is 1.36. The maximum absolute atomic E-state index is 11.9. The number of para-hydroxylation sites is 2. The Morgan fingerprint density at radius 2 is 1.91 bits per heavy atom. The molecule has 2 aromatic carbocycles. The van der Waals surface area contributed by atoms with Crippen molar-refractivity contribution in [2.45, 2.75) is 18.9 Å². The number of carbonyl (C=O) groups is 1. The monoisotopic (exact) mass is 331 g/mol. The van der Waals surface area contributed by atoms with E-state index in [-0.39, 0.29) is 18.4 Å². The lowest BCUT2D eigenvalue weighted by molar-refractivity contribution is -0.117. The summed E-state index contributed by atoms with van der Waals surface area (Å²) in [6.45, 7) is 0.0952. The number of nitrogens with one attached hydrogen (secondary N) is 1. The molecule has 1 atom stereocenters. The number of aliphatic hydroxyl groups is 1. The van der Waals surface area contributed by atoms with Gasteiger partial charge in [0.15, 0.2) is 0 Å². The Kier molecular flexibility index (Phi) is 4.84. The fraction of sp³-hybridized carbons (Fsp3) is 0.278. The summed E-state index contributed by atoms with van der Waals surface area (Å²) >= 11 is 5.84. The van der Waals surface area contributed by atoms with Gasteiger partial charge >= 0.3 is 0 Å². The molecule has 3 rings (SSSR count). The van der Waals surface area contributed by atoms with Gasteiger partial charge in [-0.3, -0.25) is 4.79 Å². The average Bonchev–Trinajstić information content (AvgIpc) is 3.39. The molecule has 1 amide bonds. The zero-order chi connectivity index (χ0) is 16.2. The molecule has 1 saturated carbocycles. The predicted octanol–water partition coefficient (Wildman–Crippen LogP) is 3.80. The Hall–Kier alpha value is -2.04. The topological polar surface area (TPSA) is 58.6 Å². The van der Waals surface area contributed by atoms with E-state index in [0.29, 0.717) is 16.5 Å². The van der Waals surface area contributed by atoms with Gasteiger partial charge in [-0.15, -0.1) is 0 Å². The van der Waals surface area contributed by atoms with Crippen molar-refractivity contribution in [2.24, 2.45) is 5.92 Å². The molecule has 23 heavy (non-hydrogen) atoms. The van der Waals surface area contributed by atoms with Gasteiger partial charge < -0.3 is 15.2 Å². The minimum Gasteiger partial charge on any atom is -0.488 e. The van der Waals surface area contributed by atoms with Gasteiger partial charge in [0.05, 0.1) is 5.69 Å². The number of ether oxygens (including phenoxy) is 1. The number of hydrogen-bond donors (Lipinski definition) is 2. The molecule has 1 unspecified atom stereocenters. The molecule has 1 aliphatic carbocycles. The van der Waals surface area contributed by atoms with Gasteiger partial charge in [-0.05, 0) is 42.7 Å². The van der Waals surface area contributed by atoms with Crippen LogP contribution in [0.4, 0.5) is 5.69 Å². The van der Waals surface area contributed by atoms with E-state index in [1.807, 2.05) is 12.1 Å². The van der Waals surface area contributed by atoms with Crippen molar-refractivity contribution in [1.29, 1.82) is 0 Å². The lowest BCUT2D eigenvalue weighted by atomic mass is 10.1. The Bertz CT molecular complexity index is 683. The molecule has 0 aromatic heterocycles. The van der Waals surface area contributed by atoms with E-state index in [1.54, 1.807) is 36.4 Å². The molecule has 0 bridgehead atoms. The first-order valence-corrected chi connectivity index (χ1v) is 7.97. The molecule has 4 nitrogen and oxygen atoms in total. The fourth-order valence-corrected chi connectivity index (χ4v) is 2.35. The molecular weight excluding hydrogens is 314 g/mol. The molecule has 1 fully saturated rings. The minimum absolute atomic E-state index is 0.0271. The number of halogens is 1. The highest BCUT2D eigenvalue weighted by Gasteiger charge is 2.30. The maximum Gasteiger partial charge on any atom is 0.227 e. The number of hydrogen-bond acceptors (Lipinski definition) is 3. The molecule has 0 radical (unpaired) electrons. The van der Waals surface area contributed by atoms with Crippen LogP contribution in [0.15, 0.2) is 48.5 Å². The minimum atomic E-state index is -0.764. The highest BCUT2D eigenvalue weighted by atomic mass is 35.5. The second-order valence-corrected chi connectivity index (χ2v) is 6.07. The fourth-order valence-electron chi connectivity index (χ4n) is 2.23. The number of amides is 1. The summed E-state index contributed by atoms with van der Waals surface area (Å²) in [6.07, 6.45) is 1.13. The molecule has 5 heteroatoms. The van der Waals surface area contributed by atoms with Crippen molar-refractivity contribution in [2.75, 3.05) is 11.9 Å². The van der Waals surface area contributed by atoms with E-state index in [2.05, 4.69) is 5.32 Å². The van der Waals surface area contributed by atoms with Gasteiger partial charge in [-0.25, -0.2) is 0 Å². The predicted molar refractivity (Wildman–Crippen MR) is 89.7 cm³/mol. The number of anilines is 1. The Morgan fingerprint density at radius 1 is 1.22 bits per heavy atom. The van der Waals surface area contributed by atoms with Crippen LogP contribution in [-0.2, 0) is 4.79 Å². The summed E-state index contributed by atoms with van der Waals surface area (Å²) in [5.74, 6) is 0.705. The lowest BCUT2D eigenvalue weighted by Crippen LogP contribution is -2.15. The number of rotatable bonds is 6. The van der Waals surface area contributed by atoms with Crippen LogP contribution < -0.4 is 10.1 Å². The van der Waals surface area contributed by atoms with Crippen LogP contribution in [0.25, 0.3) is 0 Å². The van der Waals surface area contributed by atoms with E-state index in [9.17, 15) is 9.90 Å². The summed E-state index contributed by atoms with van der Waals surface area (Å²) in [4.78, 5) is 11.9. The summed E-state index contributed by atoms with van der Waals surface area (Å²) < 4.78 is 5.69. The Morgan fingerprint density at radius 3 is 2.61 bits per heavy atom. The van der Waals surface area contributed by atoms with Crippen molar-refractivity contribution < 1.29 is 14.6 Å². The quantitative estimate of drug-likeness (QED) is 0.846. The van der Waals surface area contributed by atoms with Gasteiger partial charge in [-0.1, -0.05) is 35.9 Å². The maximum atomic E-state index is 11.9. The summed E-state index contributed by atoms with van der Waals surface area (Å²) in [7, 11) is 0. The van der Waals surface area contributed by atoms with E-state index in [0.717, 1.165) is 18.4 Å². The number of carbonyl (C=O) groups excluding carboxylic acids is 1. The van der Waals surface area contributed by atoms with Crippen molar-refractivity contribution >= 4 is 23.2 Å². The molecule has 0 spiro atoms. The third-order valence-electron chi connectivity index (χ3n) is 3.74. The number of benzene rings is 2. The third kappa shape index (κ3) is 4.24. The summed E-state index contributed by atoms with van der Waals surface area (Å²) in [5, 5.41) is 13.7. The van der Waals surface area contributed by atoms with Crippen LogP contribution in [0.5, 0.6) is 5.75 Å². The van der Waals surface area contributed by atoms with Crippen LogP contribution in [0.3, 0.4) is 0 Å². The van der Waals surface area contributed by atoms with Crippen molar-refractivity contribution in [3.05, 3.63) is 59.1 Å². The van der Waals surface area contributed by atoms with Crippen LogP contribution in [-0.4, -0.2) is 17.6 Å². The molecule has 0 saturated heterocycles. The van der Waals surface area contributed by atoms with Gasteiger partial charge in [0.1, 0.15) is 18.5 Å². The standard InChI is InChI=1S/C18H18ClNO3/c19-14-9-7-12(8-10-14)16(21)11-23-17-4-2-1-3-15(17)20-18(22)13-5-6-13/h1-4,7-10,13,16,21H,5-6,11H2,(H,20,22). The highest BCUT2D eigenvalue weighted by molar-refractivity contribution is 6.30. The second-order valence-electron chi connectivity index (χ2n) is 5.64. The molecule has 0 heterocycles. The van der Waals surface area contributed by atoms with E-state index < -0.39 is 6.10 Å². The largest absolute Gasteiger partial charge is 0.488 e. The first-order valence-electron chi connectivity index (χ1n) is 7.59. The summed E-state index contributed by atoms with van der Waals surface area (Å²) in [6, 6.07) is 14.2. The molecule has 2 N–H and O–H groups in total. The zero-order valence-corrected chi connectivity index (χ0v) is 13.3. The van der Waals surface area contributed by atoms with Crippen molar-refractivity contribution in [3.8, 4) is 5.75 Å². The molecular formula is C18H18ClNO3. The average molecular weight is 332 g/mol. The molecule has 2 aromatic rings. The SMILES string of the molecule is O=C(Nc1ccccc1OCC(O)c1ccc(Cl)cc1)C1CC1. The van der Waals surface area contributed by atoms with E-state index in [4.69, 9.17) is 16.3 Å². The first-order chi connectivity index (χ1) is 11.1. The van der Waals surface area contributed by atoms with Gasteiger partial charge in [0.25, 0.3) is 0 Å². The van der Waals surface area contributed by atoms with Crippen molar-refractivity contribution in [3.63, 3.8) is 0 Å². The van der Waals surface area contributed by atoms with Crippen LogP contribution in [0.1, 0.15) is 24.5 Å². The zero-order valence-electron chi connectivity index (χ0n) is 12.5. The van der Waals surface area contributed by atoms with Crippen molar-refractivity contribution in [1.82, 2.24) is 0 Å². The van der Waals surface area contributed by atoms with Crippen LogP contribution in [0.2, 0.25) is 5.02 Å². The third-order valence-corrected chi connectivity index (χ3v) is 4.00. The van der Waals surface area contributed by atoms with E-state index >= 15 is 0 Å². The highest BCUT2D eigenvalue weighted by Crippen LogP contribution is 2.32. The molecule has 1 aliphatic rings. The van der Waals surface area contributed by atoms with Crippen LogP contribution >= 0.6 is 11.6 Å². The van der Waals surface area contributed by atoms with Gasteiger partial charge in [0, 0.05) is 10.9 Å². The lowest BCUT2D eigenvalue weighted by Gasteiger charge is -2.15. The van der Waals surface area contributed by atoms with E-state index in [1.165, 1.54) is 0 Å². The van der Waals surface area contributed by atoms with Gasteiger partial charge in [-0.2, -0.15) is 0 Å².